The van der Waals surface area contributed by atoms with Crippen molar-refractivity contribution in [1.82, 2.24) is 4.90 Å². The monoisotopic (exact) mass is 281 g/mol. The molecule has 0 bridgehead atoms. The Bertz CT molecular complexity index is 448. The van der Waals surface area contributed by atoms with Gasteiger partial charge in [-0.15, -0.1) is 11.3 Å². The number of nitrogens with zero attached hydrogens (tertiary/aromatic N) is 1. The van der Waals surface area contributed by atoms with E-state index in [2.05, 4.69) is 12.2 Å². The molecule has 1 aromatic heterocycles. The second-order valence-electron chi connectivity index (χ2n) is 5.70. The molecule has 1 heterocycles. The highest BCUT2D eigenvalue weighted by Crippen LogP contribution is 2.33. The van der Waals surface area contributed by atoms with Crippen molar-refractivity contribution in [2.45, 2.75) is 38.6 Å². The maximum atomic E-state index is 11.9. The highest BCUT2D eigenvalue weighted by atomic mass is 32.1. The maximum absolute atomic E-state index is 11.9. The zero-order valence-corrected chi connectivity index (χ0v) is 12.7. The van der Waals surface area contributed by atoms with E-state index in [1.165, 1.54) is 37.0 Å². The van der Waals surface area contributed by atoms with E-state index in [1.807, 2.05) is 6.07 Å². The summed E-state index contributed by atoms with van der Waals surface area (Å²) in [7, 11) is 3.49. The first-order chi connectivity index (χ1) is 8.97. The van der Waals surface area contributed by atoms with Gasteiger partial charge in [-0.25, -0.2) is 0 Å². The molecule has 0 spiro atoms. The molecule has 0 unspecified atom stereocenters. The number of nitrogens with one attached hydrogen (secondary N) is 1. The molecule has 1 aliphatic carbocycles. The van der Waals surface area contributed by atoms with Crippen LogP contribution in [0.2, 0.25) is 0 Å². The van der Waals surface area contributed by atoms with E-state index in [9.17, 15) is 4.79 Å². The van der Waals surface area contributed by atoms with E-state index in [0.29, 0.717) is 16.6 Å². The van der Waals surface area contributed by atoms with Crippen LogP contribution in [0.25, 0.3) is 0 Å². The van der Waals surface area contributed by atoms with Crippen LogP contribution in [0.15, 0.2) is 6.07 Å². The zero-order chi connectivity index (χ0) is 14.0. The van der Waals surface area contributed by atoms with Gasteiger partial charge in [-0.05, 0) is 37.7 Å². The van der Waals surface area contributed by atoms with Crippen molar-refractivity contribution in [3.05, 3.63) is 10.9 Å². The number of amides is 1. The third kappa shape index (κ3) is 3.41. The van der Waals surface area contributed by atoms with Crippen molar-refractivity contribution in [3.63, 3.8) is 0 Å². The highest BCUT2D eigenvalue weighted by Gasteiger charge is 2.20. The summed E-state index contributed by atoms with van der Waals surface area (Å²) in [5, 5.41) is 4.54. The standard InChI is InChI=1S/C14H23N3OS/c1-9-4-6-10(7-5-9)16-12-8-11(15)13(19-12)14(18)17(2)3/h8-10,16H,4-7,15H2,1-3H3. The second kappa shape index (κ2) is 5.82. The van der Waals surface area contributed by atoms with E-state index in [1.54, 1.807) is 19.0 Å². The van der Waals surface area contributed by atoms with Crippen molar-refractivity contribution >= 4 is 27.9 Å². The van der Waals surface area contributed by atoms with Gasteiger partial charge < -0.3 is 16.0 Å². The van der Waals surface area contributed by atoms with Gasteiger partial charge in [0.15, 0.2) is 0 Å². The van der Waals surface area contributed by atoms with Crippen molar-refractivity contribution in [3.8, 4) is 0 Å². The lowest BCUT2D eigenvalue weighted by Gasteiger charge is -2.27. The molecule has 1 amide bonds. The molecule has 0 aromatic carbocycles. The van der Waals surface area contributed by atoms with Crippen LogP contribution in [0.3, 0.4) is 0 Å². The third-order valence-electron chi connectivity index (χ3n) is 3.72. The summed E-state index contributed by atoms with van der Waals surface area (Å²) in [6, 6.07) is 2.41. The van der Waals surface area contributed by atoms with Crippen molar-refractivity contribution < 1.29 is 4.79 Å². The minimum absolute atomic E-state index is 0.0205. The van der Waals surface area contributed by atoms with Crippen LogP contribution in [0.5, 0.6) is 0 Å². The Morgan fingerprint density at radius 2 is 2.00 bits per heavy atom. The lowest BCUT2D eigenvalue weighted by molar-refractivity contribution is 0.0833. The highest BCUT2D eigenvalue weighted by molar-refractivity contribution is 7.18. The van der Waals surface area contributed by atoms with Crippen molar-refractivity contribution in [2.24, 2.45) is 5.92 Å². The fourth-order valence-electron chi connectivity index (χ4n) is 2.45. The molecule has 1 saturated carbocycles. The molecule has 19 heavy (non-hydrogen) atoms. The number of rotatable bonds is 3. The summed E-state index contributed by atoms with van der Waals surface area (Å²) in [5.74, 6) is 0.824. The first-order valence-electron chi connectivity index (χ1n) is 6.85. The topological polar surface area (TPSA) is 58.4 Å². The van der Waals surface area contributed by atoms with Crippen molar-refractivity contribution in [2.75, 3.05) is 25.1 Å². The fraction of sp³-hybridized carbons (Fsp3) is 0.643. The Balaban J connectivity index is 2.02. The number of nitrogen functional groups attached to an aromatic ring is 1. The number of hydrogen-bond donors (Lipinski definition) is 2. The van der Waals surface area contributed by atoms with Crippen LogP contribution in [-0.2, 0) is 0 Å². The first-order valence-corrected chi connectivity index (χ1v) is 7.66. The predicted molar refractivity (Wildman–Crippen MR) is 81.8 cm³/mol. The third-order valence-corrected chi connectivity index (χ3v) is 4.79. The van der Waals surface area contributed by atoms with Crippen molar-refractivity contribution in [1.29, 1.82) is 0 Å². The minimum Gasteiger partial charge on any atom is -0.397 e. The Kier molecular flexibility index (Phi) is 4.34. The molecule has 1 aromatic rings. The summed E-state index contributed by atoms with van der Waals surface area (Å²) in [6.07, 6.45) is 4.97. The van der Waals surface area contributed by atoms with Gasteiger partial charge in [0.25, 0.3) is 5.91 Å². The molecule has 0 radical (unpaired) electrons. The molecule has 0 saturated heterocycles. The molecule has 4 nitrogen and oxygen atoms in total. The molecule has 1 fully saturated rings. The van der Waals surface area contributed by atoms with E-state index in [4.69, 9.17) is 5.73 Å². The lowest BCUT2D eigenvalue weighted by atomic mass is 9.87. The van der Waals surface area contributed by atoms with E-state index in [-0.39, 0.29) is 5.91 Å². The van der Waals surface area contributed by atoms with Crippen LogP contribution < -0.4 is 11.1 Å². The molecule has 0 atom stereocenters. The van der Waals surface area contributed by atoms with E-state index in [0.717, 1.165) is 10.9 Å². The number of carbonyl (C=O) groups is 1. The molecular weight excluding hydrogens is 258 g/mol. The molecule has 0 aliphatic heterocycles. The number of carbonyl (C=O) groups excluding carboxylic acids is 1. The Morgan fingerprint density at radius 3 is 2.58 bits per heavy atom. The van der Waals surface area contributed by atoms with Crippen LogP contribution in [-0.4, -0.2) is 30.9 Å². The number of hydrogen-bond acceptors (Lipinski definition) is 4. The second-order valence-corrected chi connectivity index (χ2v) is 6.75. The van der Waals surface area contributed by atoms with Gasteiger partial charge in [-0.1, -0.05) is 6.92 Å². The quantitative estimate of drug-likeness (QED) is 0.895. The Morgan fingerprint density at radius 1 is 1.37 bits per heavy atom. The predicted octanol–water partition coefficient (Wildman–Crippen LogP) is 3.02. The average Bonchev–Trinajstić information content (AvgIpc) is 2.72. The Hall–Kier alpha value is -1.23. The smallest absolute Gasteiger partial charge is 0.265 e. The lowest BCUT2D eigenvalue weighted by Crippen LogP contribution is -2.24. The summed E-state index contributed by atoms with van der Waals surface area (Å²) >= 11 is 1.46. The van der Waals surface area contributed by atoms with Crippen LogP contribution in [0.1, 0.15) is 42.3 Å². The molecule has 1 aliphatic rings. The number of thiophene rings is 1. The summed E-state index contributed by atoms with van der Waals surface area (Å²) in [6.45, 7) is 2.31. The summed E-state index contributed by atoms with van der Waals surface area (Å²) < 4.78 is 0. The van der Waals surface area contributed by atoms with Gasteiger partial charge in [-0.3, -0.25) is 4.79 Å². The Labute approximate surface area is 119 Å². The molecule has 3 N–H and O–H groups in total. The average molecular weight is 281 g/mol. The van der Waals surface area contributed by atoms with E-state index >= 15 is 0 Å². The van der Waals surface area contributed by atoms with Gasteiger partial charge in [0.2, 0.25) is 0 Å². The SMILES string of the molecule is CC1CCC(Nc2cc(N)c(C(=O)N(C)C)s2)CC1. The van der Waals surface area contributed by atoms with Crippen LogP contribution >= 0.6 is 11.3 Å². The van der Waals surface area contributed by atoms with Gasteiger partial charge >= 0.3 is 0 Å². The molecule has 5 heteroatoms. The zero-order valence-electron chi connectivity index (χ0n) is 11.9. The molecular formula is C14H23N3OS. The van der Waals surface area contributed by atoms with Gasteiger partial charge in [0.05, 0.1) is 10.7 Å². The fourth-order valence-corrected chi connectivity index (χ4v) is 3.53. The van der Waals surface area contributed by atoms with Crippen LogP contribution in [0.4, 0.5) is 10.7 Å². The molecule has 2 rings (SSSR count). The van der Waals surface area contributed by atoms with Gasteiger partial charge in [0.1, 0.15) is 4.88 Å². The normalized spacial score (nSPS) is 23.1. The maximum Gasteiger partial charge on any atom is 0.265 e. The van der Waals surface area contributed by atoms with Gasteiger partial charge in [0, 0.05) is 20.1 Å². The van der Waals surface area contributed by atoms with Crippen LogP contribution in [0, 0.1) is 5.92 Å². The number of anilines is 2. The molecule has 106 valence electrons. The summed E-state index contributed by atoms with van der Waals surface area (Å²) in [4.78, 5) is 14.1. The number of nitrogens with two attached hydrogens (primary N) is 1. The summed E-state index contributed by atoms with van der Waals surface area (Å²) in [5.41, 5.74) is 6.51. The first kappa shape index (κ1) is 14.2. The largest absolute Gasteiger partial charge is 0.397 e. The van der Waals surface area contributed by atoms with Gasteiger partial charge in [-0.2, -0.15) is 0 Å². The minimum atomic E-state index is -0.0205. The van der Waals surface area contributed by atoms with E-state index < -0.39 is 0 Å².